The van der Waals surface area contributed by atoms with Crippen LogP contribution in [0.5, 0.6) is 0 Å². The molecule has 0 aliphatic carbocycles. The highest BCUT2D eigenvalue weighted by Crippen LogP contribution is 2.20. The molecule has 0 saturated carbocycles. The first kappa shape index (κ1) is 22.6. The first-order valence-electron chi connectivity index (χ1n) is 9.28. The second-order valence-electron chi connectivity index (χ2n) is 6.70. The van der Waals surface area contributed by atoms with E-state index in [-0.39, 0.29) is 29.8 Å². The molecule has 2 aromatic heterocycles. The molecule has 3 aromatic rings. The molecule has 0 aliphatic rings. The Morgan fingerprint density at radius 3 is 2.86 bits per heavy atom. The first-order chi connectivity index (χ1) is 13.1. The molecule has 0 amide bonds. The minimum absolute atomic E-state index is 0. The van der Waals surface area contributed by atoms with Crippen LogP contribution in [-0.2, 0) is 13.0 Å². The molecule has 3 rings (SSSR count). The zero-order chi connectivity index (χ0) is 19.2. The number of nitrogens with one attached hydrogen (secondary N) is 3. The second-order valence-corrected chi connectivity index (χ2v) is 7.64. The van der Waals surface area contributed by atoms with Crippen LogP contribution in [0.25, 0.3) is 10.9 Å². The van der Waals surface area contributed by atoms with Crippen molar-refractivity contribution in [2.75, 3.05) is 13.1 Å². The molecule has 0 atom stereocenters. The van der Waals surface area contributed by atoms with Crippen molar-refractivity contribution in [1.29, 1.82) is 0 Å². The molecular weight excluding hydrogens is 488 g/mol. The van der Waals surface area contributed by atoms with Gasteiger partial charge >= 0.3 is 0 Å². The number of rotatable bonds is 7. The molecule has 8 heteroatoms. The summed E-state index contributed by atoms with van der Waals surface area (Å²) in [6.07, 6.45) is 2.77. The number of thiazole rings is 1. The quantitative estimate of drug-likeness (QED) is 0.241. The lowest BCUT2D eigenvalue weighted by molar-refractivity contribution is 0.629. The number of halogens is 2. The Morgan fingerprint density at radius 2 is 2.14 bits per heavy atom. The van der Waals surface area contributed by atoms with Crippen LogP contribution in [-0.4, -0.2) is 29.0 Å². The molecule has 0 fully saturated rings. The lowest BCUT2D eigenvalue weighted by atomic mass is 10.1. The van der Waals surface area contributed by atoms with E-state index in [2.05, 4.69) is 44.8 Å². The molecule has 0 spiro atoms. The van der Waals surface area contributed by atoms with E-state index in [4.69, 9.17) is 0 Å². The summed E-state index contributed by atoms with van der Waals surface area (Å²) in [5.74, 6) is 0.998. The van der Waals surface area contributed by atoms with Gasteiger partial charge in [0, 0.05) is 35.6 Å². The number of aliphatic imine (C=N–C) groups is 1. The Balaban J connectivity index is 0.00000280. The third-order valence-corrected chi connectivity index (χ3v) is 5.15. The maximum absolute atomic E-state index is 13.3. The van der Waals surface area contributed by atoms with E-state index in [1.807, 2.05) is 19.2 Å². The molecule has 0 aliphatic heterocycles. The Bertz CT molecular complexity index is 918. The summed E-state index contributed by atoms with van der Waals surface area (Å²) in [6, 6.07) is 4.85. The summed E-state index contributed by atoms with van der Waals surface area (Å²) in [7, 11) is 0. The van der Waals surface area contributed by atoms with E-state index in [0.717, 1.165) is 52.6 Å². The van der Waals surface area contributed by atoms with Gasteiger partial charge in [0.1, 0.15) is 10.8 Å². The first-order valence-corrected chi connectivity index (χ1v) is 10.2. The van der Waals surface area contributed by atoms with Crippen molar-refractivity contribution in [2.45, 2.75) is 39.7 Å². The number of aromatic nitrogens is 2. The predicted octanol–water partition coefficient (Wildman–Crippen LogP) is 4.80. The molecule has 28 heavy (non-hydrogen) atoms. The molecule has 152 valence electrons. The zero-order valence-electron chi connectivity index (χ0n) is 16.4. The number of guanidine groups is 1. The van der Waals surface area contributed by atoms with Crippen LogP contribution >= 0.6 is 35.3 Å². The van der Waals surface area contributed by atoms with Crippen molar-refractivity contribution in [3.8, 4) is 0 Å². The van der Waals surface area contributed by atoms with Gasteiger partial charge in [-0.1, -0.05) is 13.8 Å². The molecule has 0 unspecified atom stereocenters. The number of hydrogen-bond donors (Lipinski definition) is 3. The summed E-state index contributed by atoms with van der Waals surface area (Å²) in [5, 5.41) is 10.8. The third-order valence-electron chi connectivity index (χ3n) is 4.29. The van der Waals surface area contributed by atoms with Crippen molar-refractivity contribution in [3.05, 3.63) is 51.9 Å². The van der Waals surface area contributed by atoms with Gasteiger partial charge in [-0.05, 0) is 43.0 Å². The average molecular weight is 515 g/mol. The molecule has 3 N–H and O–H groups in total. The van der Waals surface area contributed by atoms with Gasteiger partial charge < -0.3 is 15.6 Å². The molecule has 0 radical (unpaired) electrons. The topological polar surface area (TPSA) is 65.1 Å². The molecule has 0 bridgehead atoms. The SMILES string of the molecule is CCNC(=NCc1nc(C(C)C)cs1)NCCc1c[nH]c2cc(F)ccc12.I. The Hall–Kier alpha value is -1.68. The molecular formula is C20H27FIN5S. The second kappa shape index (κ2) is 10.8. The third kappa shape index (κ3) is 5.91. The number of fused-ring (bicyclic) bond motifs is 1. The highest BCUT2D eigenvalue weighted by atomic mass is 127. The number of benzene rings is 1. The Morgan fingerprint density at radius 1 is 1.32 bits per heavy atom. The zero-order valence-corrected chi connectivity index (χ0v) is 19.5. The van der Waals surface area contributed by atoms with Crippen LogP contribution in [0.2, 0.25) is 0 Å². The van der Waals surface area contributed by atoms with Crippen LogP contribution in [0.15, 0.2) is 34.8 Å². The minimum atomic E-state index is -0.224. The average Bonchev–Trinajstić information content (AvgIpc) is 3.26. The van der Waals surface area contributed by atoms with E-state index >= 15 is 0 Å². The van der Waals surface area contributed by atoms with E-state index in [1.165, 1.54) is 12.1 Å². The Kier molecular flexibility index (Phi) is 8.68. The summed E-state index contributed by atoms with van der Waals surface area (Å²) >= 11 is 1.65. The van der Waals surface area contributed by atoms with Gasteiger partial charge in [-0.15, -0.1) is 35.3 Å². The van der Waals surface area contributed by atoms with E-state index in [0.29, 0.717) is 12.5 Å². The minimum Gasteiger partial charge on any atom is -0.361 e. The van der Waals surface area contributed by atoms with Gasteiger partial charge in [-0.2, -0.15) is 0 Å². The fourth-order valence-corrected chi connectivity index (χ4v) is 3.71. The number of H-pyrrole nitrogens is 1. The summed E-state index contributed by atoms with van der Waals surface area (Å²) in [5.41, 5.74) is 3.11. The van der Waals surface area contributed by atoms with Crippen molar-refractivity contribution in [1.82, 2.24) is 20.6 Å². The maximum Gasteiger partial charge on any atom is 0.191 e. The van der Waals surface area contributed by atoms with E-state index in [1.54, 1.807) is 11.3 Å². The van der Waals surface area contributed by atoms with Gasteiger partial charge in [0.15, 0.2) is 5.96 Å². The van der Waals surface area contributed by atoms with Gasteiger partial charge in [0.2, 0.25) is 0 Å². The van der Waals surface area contributed by atoms with Crippen LogP contribution in [0.4, 0.5) is 4.39 Å². The molecule has 2 heterocycles. The van der Waals surface area contributed by atoms with Crippen molar-refractivity contribution in [3.63, 3.8) is 0 Å². The molecule has 1 aromatic carbocycles. The lowest BCUT2D eigenvalue weighted by Gasteiger charge is -2.10. The normalized spacial score (nSPS) is 11.7. The smallest absolute Gasteiger partial charge is 0.191 e. The number of nitrogens with zero attached hydrogens (tertiary/aromatic N) is 2. The number of hydrogen-bond acceptors (Lipinski definition) is 3. The standard InChI is InChI=1S/C20H26FN5S.HI/c1-4-22-20(25-11-19-26-18(12-27-19)13(2)3)23-8-7-14-10-24-17-9-15(21)5-6-16(14)17;/h5-6,9-10,12-13,24H,4,7-8,11H2,1-3H3,(H2,22,23,25);1H. The van der Waals surface area contributed by atoms with Crippen LogP contribution in [0.1, 0.15) is 43.0 Å². The van der Waals surface area contributed by atoms with Gasteiger partial charge in [-0.25, -0.2) is 14.4 Å². The fraction of sp³-hybridized carbons (Fsp3) is 0.400. The van der Waals surface area contributed by atoms with Crippen molar-refractivity contribution >= 4 is 52.2 Å². The van der Waals surface area contributed by atoms with E-state index < -0.39 is 0 Å². The van der Waals surface area contributed by atoms with Crippen LogP contribution in [0.3, 0.4) is 0 Å². The predicted molar refractivity (Wildman–Crippen MR) is 126 cm³/mol. The highest BCUT2D eigenvalue weighted by Gasteiger charge is 2.07. The Labute approximate surface area is 186 Å². The van der Waals surface area contributed by atoms with Crippen LogP contribution < -0.4 is 10.6 Å². The molecule has 0 saturated heterocycles. The monoisotopic (exact) mass is 515 g/mol. The maximum atomic E-state index is 13.3. The van der Waals surface area contributed by atoms with Crippen LogP contribution in [0, 0.1) is 5.82 Å². The van der Waals surface area contributed by atoms with Gasteiger partial charge in [-0.3, -0.25) is 0 Å². The van der Waals surface area contributed by atoms with Gasteiger partial charge in [0.05, 0.1) is 12.2 Å². The summed E-state index contributed by atoms with van der Waals surface area (Å²) < 4.78 is 13.3. The largest absolute Gasteiger partial charge is 0.361 e. The summed E-state index contributed by atoms with van der Waals surface area (Å²) in [4.78, 5) is 12.4. The highest BCUT2D eigenvalue weighted by molar-refractivity contribution is 14.0. The fourth-order valence-electron chi connectivity index (χ4n) is 2.83. The van der Waals surface area contributed by atoms with Crippen molar-refractivity contribution in [2.24, 2.45) is 4.99 Å². The lowest BCUT2D eigenvalue weighted by Crippen LogP contribution is -2.38. The summed E-state index contributed by atoms with van der Waals surface area (Å²) in [6.45, 7) is 8.45. The van der Waals surface area contributed by atoms with Gasteiger partial charge in [0.25, 0.3) is 0 Å². The van der Waals surface area contributed by atoms with E-state index in [9.17, 15) is 4.39 Å². The molecule has 5 nitrogen and oxygen atoms in total. The number of aromatic amines is 1. The van der Waals surface area contributed by atoms with Crippen molar-refractivity contribution < 1.29 is 4.39 Å².